The largest absolute Gasteiger partial charge is 0.310 e. The molecule has 0 bridgehead atoms. The average Bonchev–Trinajstić information content (AvgIpc) is 3.28. The highest BCUT2D eigenvalue weighted by atomic mass is 15.1. The van der Waals surface area contributed by atoms with Crippen LogP contribution in [0.4, 0.5) is 17.1 Å². The third-order valence-electron chi connectivity index (χ3n) is 8.59. The molecule has 1 aliphatic rings. The average molecular weight is 526 g/mol. The molecule has 0 aliphatic heterocycles. The first-order valence-corrected chi connectivity index (χ1v) is 14.4. The van der Waals surface area contributed by atoms with Crippen LogP contribution in [-0.4, -0.2) is 7.85 Å². The molecular formula is C39H32BN. The van der Waals surface area contributed by atoms with E-state index in [0.717, 1.165) is 11.4 Å². The summed E-state index contributed by atoms with van der Waals surface area (Å²) in [5.41, 5.74) is 15.1. The van der Waals surface area contributed by atoms with E-state index in [9.17, 15) is 0 Å². The van der Waals surface area contributed by atoms with Crippen molar-refractivity contribution in [1.29, 1.82) is 0 Å². The van der Waals surface area contributed by atoms with Crippen molar-refractivity contribution in [1.82, 2.24) is 0 Å². The first kappa shape index (κ1) is 25.2. The second kappa shape index (κ2) is 9.98. The normalized spacial score (nSPS) is 12.9. The summed E-state index contributed by atoms with van der Waals surface area (Å²) in [5, 5.41) is 0. The van der Waals surface area contributed by atoms with Crippen LogP contribution >= 0.6 is 0 Å². The number of anilines is 3. The molecule has 1 nitrogen and oxygen atoms in total. The van der Waals surface area contributed by atoms with Gasteiger partial charge in [-0.3, -0.25) is 0 Å². The van der Waals surface area contributed by atoms with E-state index in [1.165, 1.54) is 55.7 Å². The fourth-order valence-corrected chi connectivity index (χ4v) is 6.54. The lowest BCUT2D eigenvalue weighted by Gasteiger charge is -2.32. The van der Waals surface area contributed by atoms with Crippen molar-refractivity contribution < 1.29 is 0 Å². The predicted molar refractivity (Wildman–Crippen MR) is 178 cm³/mol. The summed E-state index contributed by atoms with van der Waals surface area (Å²) in [6.45, 7) is 4.74. The molecule has 6 aromatic carbocycles. The first-order chi connectivity index (χ1) is 20.0. The van der Waals surface area contributed by atoms with Crippen molar-refractivity contribution in [2.24, 2.45) is 0 Å². The van der Waals surface area contributed by atoms with Gasteiger partial charge in [-0.25, -0.2) is 0 Å². The van der Waals surface area contributed by atoms with Crippen molar-refractivity contribution in [3.63, 3.8) is 0 Å². The van der Waals surface area contributed by atoms with E-state index in [1.54, 1.807) is 0 Å². The molecule has 0 unspecified atom stereocenters. The van der Waals surface area contributed by atoms with Crippen LogP contribution < -0.4 is 10.4 Å². The molecule has 0 saturated heterocycles. The SMILES string of the molecule is Bc1ccc(N(c2ccc(-c3ccccc3)cc2)c2ccc(-c3ccccc3)cc2)c2c1-c1ccccc1C2(C)C. The van der Waals surface area contributed by atoms with E-state index in [2.05, 4.69) is 172 Å². The van der Waals surface area contributed by atoms with E-state index < -0.39 is 0 Å². The van der Waals surface area contributed by atoms with Crippen molar-refractivity contribution in [3.8, 4) is 33.4 Å². The molecule has 41 heavy (non-hydrogen) atoms. The zero-order chi connectivity index (χ0) is 28.0. The Hall–Kier alpha value is -4.82. The number of fused-ring (bicyclic) bond motifs is 3. The highest BCUT2D eigenvalue weighted by molar-refractivity contribution is 6.37. The molecule has 0 spiro atoms. The monoisotopic (exact) mass is 525 g/mol. The summed E-state index contributed by atoms with van der Waals surface area (Å²) >= 11 is 0. The van der Waals surface area contributed by atoms with Gasteiger partial charge in [-0.15, -0.1) is 0 Å². The summed E-state index contributed by atoms with van der Waals surface area (Å²) in [5.74, 6) is 0. The van der Waals surface area contributed by atoms with Crippen LogP contribution in [0.15, 0.2) is 146 Å². The number of nitrogens with zero attached hydrogens (tertiary/aromatic N) is 1. The van der Waals surface area contributed by atoms with Gasteiger partial charge in [0.1, 0.15) is 7.85 Å². The topological polar surface area (TPSA) is 3.24 Å². The van der Waals surface area contributed by atoms with Crippen LogP contribution in [0.2, 0.25) is 0 Å². The lowest BCUT2D eigenvalue weighted by molar-refractivity contribution is 0.661. The van der Waals surface area contributed by atoms with E-state index >= 15 is 0 Å². The summed E-state index contributed by atoms with van der Waals surface area (Å²) in [6, 6.07) is 52.7. The lowest BCUT2D eigenvalue weighted by atomic mass is 9.79. The summed E-state index contributed by atoms with van der Waals surface area (Å²) < 4.78 is 0. The molecule has 0 saturated carbocycles. The van der Waals surface area contributed by atoms with Gasteiger partial charge < -0.3 is 4.90 Å². The van der Waals surface area contributed by atoms with Crippen molar-refractivity contribution in [3.05, 3.63) is 157 Å². The van der Waals surface area contributed by atoms with Crippen molar-refractivity contribution in [2.75, 3.05) is 4.90 Å². The maximum Gasteiger partial charge on any atom is 0.140 e. The molecule has 0 aromatic heterocycles. The van der Waals surface area contributed by atoms with Gasteiger partial charge >= 0.3 is 0 Å². The van der Waals surface area contributed by atoms with Crippen LogP contribution in [0.25, 0.3) is 33.4 Å². The van der Waals surface area contributed by atoms with Crippen LogP contribution in [0, 0.1) is 0 Å². The zero-order valence-corrected chi connectivity index (χ0v) is 23.8. The minimum absolute atomic E-state index is 0.126. The lowest BCUT2D eigenvalue weighted by Crippen LogP contribution is -2.22. The minimum atomic E-state index is -0.126. The van der Waals surface area contributed by atoms with Gasteiger partial charge in [-0.1, -0.05) is 135 Å². The Morgan fingerprint density at radius 2 is 0.951 bits per heavy atom. The van der Waals surface area contributed by atoms with Crippen molar-refractivity contribution >= 4 is 30.4 Å². The second-order valence-electron chi connectivity index (χ2n) is 11.5. The molecule has 0 fully saturated rings. The highest BCUT2D eigenvalue weighted by Gasteiger charge is 2.39. The van der Waals surface area contributed by atoms with Gasteiger partial charge in [0.05, 0.1) is 5.69 Å². The van der Waals surface area contributed by atoms with E-state index in [1.807, 2.05) is 0 Å². The highest BCUT2D eigenvalue weighted by Crippen LogP contribution is 2.53. The van der Waals surface area contributed by atoms with E-state index in [0.29, 0.717) is 0 Å². The van der Waals surface area contributed by atoms with E-state index in [4.69, 9.17) is 0 Å². The van der Waals surface area contributed by atoms with Crippen LogP contribution in [-0.2, 0) is 5.41 Å². The van der Waals surface area contributed by atoms with Crippen LogP contribution in [0.1, 0.15) is 25.0 Å². The van der Waals surface area contributed by atoms with Gasteiger partial charge in [0.2, 0.25) is 0 Å². The maximum atomic E-state index is 2.44. The third kappa shape index (κ3) is 4.28. The van der Waals surface area contributed by atoms with Gasteiger partial charge in [0.15, 0.2) is 0 Å². The minimum Gasteiger partial charge on any atom is -0.310 e. The Bertz CT molecular complexity index is 1750. The molecule has 0 amide bonds. The summed E-state index contributed by atoms with van der Waals surface area (Å²) in [6.07, 6.45) is 0. The Kier molecular flexibility index (Phi) is 6.13. The van der Waals surface area contributed by atoms with Gasteiger partial charge in [0.25, 0.3) is 0 Å². The Morgan fingerprint density at radius 3 is 1.49 bits per heavy atom. The summed E-state index contributed by atoms with van der Waals surface area (Å²) in [4.78, 5) is 2.44. The standard InChI is InChI=1S/C39H32BN/c1-39(2)34-16-10-9-15-33(34)37-35(40)25-26-36(38(37)39)41(31-21-17-29(18-22-31)27-11-5-3-6-12-27)32-23-19-30(20-24-32)28-13-7-4-8-14-28/h3-26H,40H2,1-2H3. The number of rotatable bonds is 5. The predicted octanol–water partition coefficient (Wildman–Crippen LogP) is 9.06. The molecule has 0 N–H and O–H groups in total. The first-order valence-electron chi connectivity index (χ1n) is 14.4. The number of hydrogen-bond acceptors (Lipinski definition) is 1. The molecule has 0 radical (unpaired) electrons. The fourth-order valence-electron chi connectivity index (χ4n) is 6.54. The molecule has 1 aliphatic carbocycles. The molecular weight excluding hydrogens is 493 g/mol. The Morgan fingerprint density at radius 1 is 0.488 bits per heavy atom. The molecule has 0 atom stereocenters. The maximum absolute atomic E-state index is 2.44. The third-order valence-corrected chi connectivity index (χ3v) is 8.59. The van der Waals surface area contributed by atoms with E-state index in [-0.39, 0.29) is 5.41 Å². The zero-order valence-electron chi connectivity index (χ0n) is 23.8. The Labute approximate surface area is 244 Å². The number of benzene rings is 6. The molecule has 0 heterocycles. The number of hydrogen-bond donors (Lipinski definition) is 0. The van der Waals surface area contributed by atoms with Crippen LogP contribution in [0.3, 0.4) is 0 Å². The molecule has 196 valence electrons. The molecule has 2 heteroatoms. The van der Waals surface area contributed by atoms with Gasteiger partial charge in [-0.05, 0) is 74.8 Å². The van der Waals surface area contributed by atoms with Gasteiger partial charge in [0, 0.05) is 16.8 Å². The molecule has 7 rings (SSSR count). The molecule has 6 aromatic rings. The smallest absolute Gasteiger partial charge is 0.140 e. The fraction of sp³-hybridized carbons (Fsp3) is 0.0769. The summed E-state index contributed by atoms with van der Waals surface area (Å²) in [7, 11) is 2.24. The quantitative estimate of drug-likeness (QED) is 0.203. The van der Waals surface area contributed by atoms with Crippen LogP contribution in [0.5, 0.6) is 0 Å². The van der Waals surface area contributed by atoms with Crippen molar-refractivity contribution in [2.45, 2.75) is 19.3 Å². The van der Waals surface area contributed by atoms with Gasteiger partial charge in [-0.2, -0.15) is 0 Å². The second-order valence-corrected chi connectivity index (χ2v) is 11.5. The Balaban J connectivity index is 1.41.